The first kappa shape index (κ1) is 15.7. The van der Waals surface area contributed by atoms with Gasteiger partial charge in [0, 0.05) is 18.7 Å². The molecule has 3 rings (SSSR count). The molecule has 0 radical (unpaired) electrons. The van der Waals surface area contributed by atoms with Crippen molar-refractivity contribution in [2.45, 2.75) is 25.1 Å². The summed E-state index contributed by atoms with van der Waals surface area (Å²) in [5.41, 5.74) is 1.13. The van der Waals surface area contributed by atoms with Gasteiger partial charge in [-0.1, -0.05) is 18.2 Å². The molecule has 4 nitrogen and oxygen atoms in total. The van der Waals surface area contributed by atoms with Crippen LogP contribution in [0.2, 0.25) is 0 Å². The lowest BCUT2D eigenvalue weighted by Gasteiger charge is -2.27. The quantitative estimate of drug-likeness (QED) is 0.807. The molecule has 22 heavy (non-hydrogen) atoms. The van der Waals surface area contributed by atoms with Gasteiger partial charge in [-0.3, -0.25) is 4.79 Å². The van der Waals surface area contributed by atoms with Crippen LogP contribution in [-0.2, 0) is 4.79 Å². The first-order valence-corrected chi connectivity index (χ1v) is 9.19. The Morgan fingerprint density at radius 3 is 2.77 bits per heavy atom. The Labute approximate surface area is 136 Å². The van der Waals surface area contributed by atoms with E-state index in [9.17, 15) is 4.79 Å². The van der Waals surface area contributed by atoms with Crippen LogP contribution in [-0.4, -0.2) is 54.2 Å². The van der Waals surface area contributed by atoms with E-state index in [-0.39, 0.29) is 11.3 Å². The summed E-state index contributed by atoms with van der Waals surface area (Å²) in [6.07, 6.45) is 2.58. The average Bonchev–Trinajstić information content (AvgIpc) is 3.16. The van der Waals surface area contributed by atoms with Crippen molar-refractivity contribution in [1.82, 2.24) is 9.80 Å². The molecule has 0 aliphatic carbocycles. The lowest BCUT2D eigenvalue weighted by molar-refractivity contribution is -0.128. The second kappa shape index (κ2) is 7.38. The maximum atomic E-state index is 12.3. The first-order valence-electron chi connectivity index (χ1n) is 8.14. The number of nitrogens with zero attached hydrogens (tertiary/aromatic N) is 2. The summed E-state index contributed by atoms with van der Waals surface area (Å²) in [7, 11) is 0. The molecule has 2 aliphatic rings. The number of carbonyl (C=O) groups excluding carboxylic acids is 1. The number of hydrogen-bond acceptors (Lipinski definition) is 4. The zero-order valence-corrected chi connectivity index (χ0v) is 14.0. The highest BCUT2D eigenvalue weighted by Gasteiger charge is 2.34. The number of likely N-dealkylation sites (tertiary alicyclic amines) is 1. The highest BCUT2D eigenvalue weighted by molar-refractivity contribution is 8.00. The van der Waals surface area contributed by atoms with E-state index in [1.54, 1.807) is 11.8 Å². The van der Waals surface area contributed by atoms with Crippen LogP contribution >= 0.6 is 11.8 Å². The molecule has 0 saturated carbocycles. The van der Waals surface area contributed by atoms with E-state index in [2.05, 4.69) is 11.0 Å². The fourth-order valence-corrected chi connectivity index (χ4v) is 4.42. The van der Waals surface area contributed by atoms with Gasteiger partial charge in [-0.2, -0.15) is 0 Å². The number of benzene rings is 1. The third kappa shape index (κ3) is 3.41. The minimum absolute atomic E-state index is 0.0952. The zero-order valence-electron chi connectivity index (χ0n) is 13.2. The number of rotatable bonds is 6. The Morgan fingerprint density at radius 1 is 1.23 bits per heavy atom. The van der Waals surface area contributed by atoms with Crippen molar-refractivity contribution in [3.05, 3.63) is 29.8 Å². The van der Waals surface area contributed by atoms with Gasteiger partial charge in [0.1, 0.15) is 11.1 Å². The van der Waals surface area contributed by atoms with Crippen LogP contribution in [0, 0.1) is 0 Å². The van der Waals surface area contributed by atoms with E-state index < -0.39 is 0 Å². The zero-order chi connectivity index (χ0) is 15.4. The van der Waals surface area contributed by atoms with E-state index in [4.69, 9.17) is 4.74 Å². The van der Waals surface area contributed by atoms with Gasteiger partial charge in [-0.05, 0) is 38.9 Å². The lowest BCUT2D eigenvalue weighted by atomic mass is 10.2. The van der Waals surface area contributed by atoms with Crippen molar-refractivity contribution >= 4 is 17.7 Å². The van der Waals surface area contributed by atoms with Gasteiger partial charge in [-0.25, -0.2) is 0 Å². The Morgan fingerprint density at radius 2 is 2.00 bits per heavy atom. The Balaban J connectivity index is 1.72. The summed E-state index contributed by atoms with van der Waals surface area (Å²) in [5, 5.41) is 0.0952. The summed E-state index contributed by atoms with van der Waals surface area (Å²) < 4.78 is 5.75. The summed E-state index contributed by atoms with van der Waals surface area (Å²) >= 11 is 1.71. The largest absolute Gasteiger partial charge is 0.493 e. The third-order valence-electron chi connectivity index (χ3n) is 4.31. The van der Waals surface area contributed by atoms with Gasteiger partial charge in [0.25, 0.3) is 0 Å². The van der Waals surface area contributed by atoms with Crippen LogP contribution in [0.1, 0.15) is 30.7 Å². The second-order valence-corrected chi connectivity index (χ2v) is 6.84. The molecule has 2 aliphatic heterocycles. The molecule has 1 amide bonds. The van der Waals surface area contributed by atoms with E-state index in [1.807, 2.05) is 30.0 Å². The molecule has 1 atom stereocenters. The van der Waals surface area contributed by atoms with Crippen LogP contribution in [0.3, 0.4) is 0 Å². The maximum absolute atomic E-state index is 12.3. The normalized spacial score (nSPS) is 22.5. The summed E-state index contributed by atoms with van der Waals surface area (Å²) in [4.78, 5) is 16.8. The van der Waals surface area contributed by atoms with Gasteiger partial charge < -0.3 is 14.5 Å². The number of para-hydroxylation sites is 1. The molecule has 1 aromatic carbocycles. The van der Waals surface area contributed by atoms with Gasteiger partial charge in [0.2, 0.25) is 5.91 Å². The Hall–Kier alpha value is -1.20. The van der Waals surface area contributed by atoms with Crippen molar-refractivity contribution < 1.29 is 9.53 Å². The third-order valence-corrected chi connectivity index (χ3v) is 5.55. The van der Waals surface area contributed by atoms with Crippen LogP contribution in [0.5, 0.6) is 5.75 Å². The molecule has 0 N–H and O–H groups in total. The molecule has 5 heteroatoms. The van der Waals surface area contributed by atoms with Crippen molar-refractivity contribution in [2.75, 3.05) is 38.5 Å². The summed E-state index contributed by atoms with van der Waals surface area (Å²) in [6, 6.07) is 8.11. The average molecular weight is 320 g/mol. The predicted molar refractivity (Wildman–Crippen MR) is 90.2 cm³/mol. The number of amides is 1. The topological polar surface area (TPSA) is 32.8 Å². The van der Waals surface area contributed by atoms with E-state index in [0.717, 1.165) is 24.4 Å². The van der Waals surface area contributed by atoms with Crippen molar-refractivity contribution in [3.8, 4) is 5.75 Å². The van der Waals surface area contributed by atoms with Crippen LogP contribution in [0.25, 0.3) is 0 Å². The molecule has 120 valence electrons. The molecule has 0 spiro atoms. The highest BCUT2D eigenvalue weighted by atomic mass is 32.2. The van der Waals surface area contributed by atoms with Gasteiger partial charge >= 0.3 is 0 Å². The van der Waals surface area contributed by atoms with Gasteiger partial charge in [0.15, 0.2) is 0 Å². The molecular weight excluding hydrogens is 296 g/mol. The number of carbonyl (C=O) groups is 1. The van der Waals surface area contributed by atoms with Crippen LogP contribution < -0.4 is 4.74 Å². The summed E-state index contributed by atoms with van der Waals surface area (Å²) in [6.45, 7) is 6.80. The Bertz CT molecular complexity index is 517. The van der Waals surface area contributed by atoms with Crippen LogP contribution in [0.15, 0.2) is 24.3 Å². The molecule has 2 saturated heterocycles. The summed E-state index contributed by atoms with van der Waals surface area (Å²) in [5.74, 6) is 1.73. The molecule has 0 bridgehead atoms. The minimum Gasteiger partial charge on any atom is -0.493 e. The number of thioether (sulfide) groups is 1. The maximum Gasteiger partial charge on any atom is 0.233 e. The smallest absolute Gasteiger partial charge is 0.233 e. The standard InChI is InChI=1S/C17H24N2O2S/c1-2-21-15-8-4-3-7-14(15)17-19(16(20)13-22-17)12-11-18-9-5-6-10-18/h3-4,7-8,17H,2,5-6,9-13H2,1H3. The molecule has 1 aromatic rings. The molecule has 0 aromatic heterocycles. The highest BCUT2D eigenvalue weighted by Crippen LogP contribution is 2.42. The van der Waals surface area contributed by atoms with Crippen molar-refractivity contribution in [1.29, 1.82) is 0 Å². The van der Waals surface area contributed by atoms with Crippen molar-refractivity contribution in [2.24, 2.45) is 0 Å². The molecular formula is C17H24N2O2S. The SMILES string of the molecule is CCOc1ccccc1C1SCC(=O)N1CCN1CCCC1. The monoisotopic (exact) mass is 320 g/mol. The fourth-order valence-electron chi connectivity index (χ4n) is 3.18. The van der Waals surface area contributed by atoms with E-state index in [1.165, 1.54) is 25.9 Å². The van der Waals surface area contributed by atoms with Crippen LogP contribution in [0.4, 0.5) is 0 Å². The minimum atomic E-state index is 0.0952. The molecule has 2 fully saturated rings. The second-order valence-electron chi connectivity index (χ2n) is 5.77. The molecule has 2 heterocycles. The lowest BCUT2D eigenvalue weighted by Crippen LogP contribution is -2.36. The first-order chi connectivity index (χ1) is 10.8. The number of hydrogen-bond donors (Lipinski definition) is 0. The van der Waals surface area contributed by atoms with E-state index >= 15 is 0 Å². The predicted octanol–water partition coefficient (Wildman–Crippen LogP) is 2.76. The van der Waals surface area contributed by atoms with E-state index in [0.29, 0.717) is 12.4 Å². The van der Waals surface area contributed by atoms with Crippen molar-refractivity contribution in [3.63, 3.8) is 0 Å². The fraction of sp³-hybridized carbons (Fsp3) is 0.588. The number of ether oxygens (including phenoxy) is 1. The Kier molecular flexibility index (Phi) is 5.26. The van der Waals surface area contributed by atoms with Gasteiger partial charge in [0.05, 0.1) is 12.4 Å². The van der Waals surface area contributed by atoms with Gasteiger partial charge in [-0.15, -0.1) is 11.8 Å². The molecule has 1 unspecified atom stereocenters.